The predicted octanol–water partition coefficient (Wildman–Crippen LogP) is 1.94. The first-order valence-corrected chi connectivity index (χ1v) is 6.14. The van der Waals surface area contributed by atoms with Crippen LogP contribution < -0.4 is 5.73 Å². The summed E-state index contributed by atoms with van der Waals surface area (Å²) in [6.07, 6.45) is 1.31. The van der Waals surface area contributed by atoms with E-state index in [0.717, 1.165) is 5.76 Å². The highest BCUT2D eigenvalue weighted by Gasteiger charge is 2.37. The second-order valence-corrected chi connectivity index (χ2v) is 5.67. The maximum atomic E-state index is 11.9. The van der Waals surface area contributed by atoms with Crippen molar-refractivity contribution in [2.24, 2.45) is 5.73 Å². The van der Waals surface area contributed by atoms with Gasteiger partial charge in [0.1, 0.15) is 11.4 Å². The number of ether oxygens (including phenoxy) is 1. The molecular formula is C13H20N2O3. The lowest BCUT2D eigenvalue weighted by Gasteiger charge is -2.24. The van der Waals surface area contributed by atoms with Crippen LogP contribution in [0.15, 0.2) is 22.8 Å². The van der Waals surface area contributed by atoms with Crippen LogP contribution in [0.3, 0.4) is 0 Å². The number of amides is 1. The van der Waals surface area contributed by atoms with Gasteiger partial charge in [0, 0.05) is 19.1 Å². The Morgan fingerprint density at radius 3 is 2.78 bits per heavy atom. The van der Waals surface area contributed by atoms with Gasteiger partial charge in [0.15, 0.2) is 0 Å². The molecule has 1 aliphatic rings. The molecule has 1 aromatic heterocycles. The summed E-state index contributed by atoms with van der Waals surface area (Å²) in [6.45, 7) is 6.60. The van der Waals surface area contributed by atoms with E-state index in [4.69, 9.17) is 14.9 Å². The molecule has 0 radical (unpaired) electrons. The zero-order valence-electron chi connectivity index (χ0n) is 11.1. The Morgan fingerprint density at radius 1 is 1.50 bits per heavy atom. The first kappa shape index (κ1) is 13.0. The van der Waals surface area contributed by atoms with Gasteiger partial charge in [-0.3, -0.25) is 0 Å². The molecule has 2 heterocycles. The van der Waals surface area contributed by atoms with Gasteiger partial charge in [-0.15, -0.1) is 0 Å². The zero-order valence-corrected chi connectivity index (χ0v) is 11.1. The molecular weight excluding hydrogens is 232 g/mol. The monoisotopic (exact) mass is 252 g/mol. The molecule has 0 spiro atoms. The zero-order chi connectivity index (χ0) is 13.3. The Labute approximate surface area is 107 Å². The average molecular weight is 252 g/mol. The minimum absolute atomic E-state index is 0.0486. The van der Waals surface area contributed by atoms with Crippen molar-refractivity contribution < 1.29 is 13.9 Å². The number of likely N-dealkylation sites (tertiary alicyclic amines) is 1. The first-order chi connectivity index (χ1) is 8.37. The van der Waals surface area contributed by atoms with Crippen LogP contribution >= 0.6 is 0 Å². The van der Waals surface area contributed by atoms with Crippen molar-refractivity contribution in [3.8, 4) is 0 Å². The van der Waals surface area contributed by atoms with E-state index in [1.54, 1.807) is 11.2 Å². The molecule has 100 valence electrons. The van der Waals surface area contributed by atoms with E-state index in [9.17, 15) is 4.79 Å². The molecule has 2 rings (SSSR count). The lowest BCUT2D eigenvalue weighted by Crippen LogP contribution is -2.36. The minimum Gasteiger partial charge on any atom is -0.469 e. The molecule has 1 aromatic rings. The van der Waals surface area contributed by atoms with Gasteiger partial charge in [0.25, 0.3) is 0 Å². The summed E-state index contributed by atoms with van der Waals surface area (Å²) in [5.74, 6) is 0.876. The van der Waals surface area contributed by atoms with Crippen LogP contribution in [0.4, 0.5) is 4.79 Å². The van der Waals surface area contributed by atoms with Gasteiger partial charge >= 0.3 is 6.09 Å². The van der Waals surface area contributed by atoms with Gasteiger partial charge < -0.3 is 19.8 Å². The quantitative estimate of drug-likeness (QED) is 0.829. The number of carbonyl (C=O) groups excluding carboxylic acids is 1. The van der Waals surface area contributed by atoms with Crippen LogP contribution in [0.5, 0.6) is 0 Å². The molecule has 0 aromatic carbocycles. The number of nitrogens with two attached hydrogens (primary N) is 1. The molecule has 18 heavy (non-hydrogen) atoms. The van der Waals surface area contributed by atoms with Crippen molar-refractivity contribution in [1.29, 1.82) is 0 Å². The molecule has 1 aliphatic heterocycles. The van der Waals surface area contributed by atoms with E-state index in [0.29, 0.717) is 13.1 Å². The van der Waals surface area contributed by atoms with Gasteiger partial charge in [-0.05, 0) is 32.9 Å². The third-order valence-corrected chi connectivity index (χ3v) is 2.93. The van der Waals surface area contributed by atoms with E-state index in [2.05, 4.69) is 0 Å². The first-order valence-electron chi connectivity index (χ1n) is 6.14. The maximum Gasteiger partial charge on any atom is 0.410 e. The molecule has 1 fully saturated rings. The van der Waals surface area contributed by atoms with Crippen LogP contribution in [0.25, 0.3) is 0 Å². The van der Waals surface area contributed by atoms with Crippen molar-refractivity contribution in [2.75, 3.05) is 13.1 Å². The molecule has 0 aliphatic carbocycles. The fraction of sp³-hybridized carbons (Fsp3) is 0.615. The fourth-order valence-corrected chi connectivity index (χ4v) is 2.11. The smallest absolute Gasteiger partial charge is 0.410 e. The molecule has 2 unspecified atom stereocenters. The van der Waals surface area contributed by atoms with Gasteiger partial charge in [-0.2, -0.15) is 0 Å². The second kappa shape index (κ2) is 4.65. The highest BCUT2D eigenvalue weighted by atomic mass is 16.6. The number of nitrogens with zero attached hydrogens (tertiary/aromatic N) is 1. The third kappa shape index (κ3) is 2.85. The molecule has 1 amide bonds. The van der Waals surface area contributed by atoms with Crippen LogP contribution in [0.2, 0.25) is 0 Å². The van der Waals surface area contributed by atoms with E-state index >= 15 is 0 Å². The van der Waals surface area contributed by atoms with Crippen LogP contribution in [-0.4, -0.2) is 35.7 Å². The number of carbonyl (C=O) groups is 1. The molecule has 5 nitrogen and oxygen atoms in total. The summed E-state index contributed by atoms with van der Waals surface area (Å²) in [6, 6.07) is 3.62. The Hall–Kier alpha value is -1.49. The number of furan rings is 1. The topological polar surface area (TPSA) is 68.7 Å². The van der Waals surface area contributed by atoms with Crippen molar-refractivity contribution in [2.45, 2.75) is 38.3 Å². The highest BCUT2D eigenvalue weighted by molar-refractivity contribution is 5.68. The largest absolute Gasteiger partial charge is 0.469 e. The van der Waals surface area contributed by atoms with Gasteiger partial charge in [-0.25, -0.2) is 4.79 Å². The van der Waals surface area contributed by atoms with Crippen molar-refractivity contribution >= 4 is 6.09 Å². The fourth-order valence-electron chi connectivity index (χ4n) is 2.11. The second-order valence-electron chi connectivity index (χ2n) is 5.67. The van der Waals surface area contributed by atoms with Gasteiger partial charge in [0.05, 0.1) is 12.2 Å². The van der Waals surface area contributed by atoms with Crippen molar-refractivity contribution in [3.05, 3.63) is 24.2 Å². The lowest BCUT2D eigenvalue weighted by atomic mass is 10.0. The third-order valence-electron chi connectivity index (χ3n) is 2.93. The molecule has 2 atom stereocenters. The number of hydrogen-bond acceptors (Lipinski definition) is 4. The SMILES string of the molecule is CC(C)(C)OC(=O)N1CC(N)C(c2ccco2)C1. The molecule has 2 N–H and O–H groups in total. The van der Waals surface area contributed by atoms with E-state index < -0.39 is 5.60 Å². The molecule has 0 saturated carbocycles. The Kier molecular flexibility index (Phi) is 3.34. The van der Waals surface area contributed by atoms with Crippen molar-refractivity contribution in [1.82, 2.24) is 4.90 Å². The standard InChI is InChI=1S/C13H20N2O3/c1-13(2,3)18-12(16)15-7-9(10(14)8-15)11-5-4-6-17-11/h4-6,9-10H,7-8,14H2,1-3H3. The number of hydrogen-bond donors (Lipinski definition) is 1. The number of rotatable bonds is 1. The van der Waals surface area contributed by atoms with Crippen LogP contribution in [-0.2, 0) is 4.74 Å². The molecule has 1 saturated heterocycles. The Bertz CT molecular complexity index is 408. The normalized spacial score (nSPS) is 24.3. The summed E-state index contributed by atoms with van der Waals surface area (Å²) in [4.78, 5) is 13.6. The van der Waals surface area contributed by atoms with E-state index in [1.807, 2.05) is 32.9 Å². The van der Waals surface area contributed by atoms with E-state index in [1.165, 1.54) is 0 Å². The molecule has 0 bridgehead atoms. The average Bonchev–Trinajstić information content (AvgIpc) is 2.82. The van der Waals surface area contributed by atoms with E-state index in [-0.39, 0.29) is 18.1 Å². The maximum absolute atomic E-state index is 11.9. The Morgan fingerprint density at radius 2 is 2.22 bits per heavy atom. The summed E-state index contributed by atoms with van der Waals surface area (Å²) < 4.78 is 10.7. The summed E-state index contributed by atoms with van der Waals surface area (Å²) >= 11 is 0. The molecule has 5 heteroatoms. The Balaban J connectivity index is 2.00. The summed E-state index contributed by atoms with van der Waals surface area (Å²) in [5.41, 5.74) is 5.57. The lowest BCUT2D eigenvalue weighted by molar-refractivity contribution is 0.0290. The summed E-state index contributed by atoms with van der Waals surface area (Å²) in [7, 11) is 0. The van der Waals surface area contributed by atoms with Gasteiger partial charge in [0.2, 0.25) is 0 Å². The highest BCUT2D eigenvalue weighted by Crippen LogP contribution is 2.27. The van der Waals surface area contributed by atoms with Crippen LogP contribution in [0.1, 0.15) is 32.4 Å². The predicted molar refractivity (Wildman–Crippen MR) is 67.2 cm³/mol. The van der Waals surface area contributed by atoms with Crippen molar-refractivity contribution in [3.63, 3.8) is 0 Å². The minimum atomic E-state index is -0.482. The van der Waals surface area contributed by atoms with Crippen LogP contribution in [0, 0.1) is 0 Å². The van der Waals surface area contributed by atoms with Gasteiger partial charge in [-0.1, -0.05) is 0 Å². The summed E-state index contributed by atoms with van der Waals surface area (Å²) in [5, 5.41) is 0.